The number of Topliss-reactive ketones (excluding diaryl/α,β-unsaturated/α-hetero) is 1. The van der Waals surface area contributed by atoms with E-state index in [0.717, 1.165) is 30.4 Å². The molecule has 90 valence electrons. The van der Waals surface area contributed by atoms with Crippen molar-refractivity contribution in [3.05, 3.63) is 39.6 Å². The van der Waals surface area contributed by atoms with Gasteiger partial charge >= 0.3 is 0 Å². The van der Waals surface area contributed by atoms with Gasteiger partial charge in [-0.15, -0.1) is 0 Å². The summed E-state index contributed by atoms with van der Waals surface area (Å²) >= 11 is 3.15. The first-order chi connectivity index (χ1) is 8.08. The maximum atomic E-state index is 13.1. The fraction of sp³-hybridized carbons (Fsp3) is 0.357. The lowest BCUT2D eigenvalue weighted by atomic mass is 9.84. The van der Waals surface area contributed by atoms with Crippen molar-refractivity contribution in [1.82, 2.24) is 0 Å². The van der Waals surface area contributed by atoms with Gasteiger partial charge in [-0.25, -0.2) is 4.39 Å². The normalized spacial score (nSPS) is 23.1. The number of carbonyl (C=O) groups is 1. The molecule has 1 fully saturated rings. The van der Waals surface area contributed by atoms with Gasteiger partial charge < -0.3 is 0 Å². The third-order valence-corrected chi connectivity index (χ3v) is 3.74. The summed E-state index contributed by atoms with van der Waals surface area (Å²) in [5.74, 6) is 0.0751. The third kappa shape index (κ3) is 2.83. The van der Waals surface area contributed by atoms with Crippen molar-refractivity contribution in [2.45, 2.75) is 26.2 Å². The summed E-state index contributed by atoms with van der Waals surface area (Å²) in [4.78, 5) is 11.9. The number of hydrogen-bond acceptors (Lipinski definition) is 1. The van der Waals surface area contributed by atoms with E-state index in [1.165, 1.54) is 6.07 Å². The molecule has 0 aliphatic heterocycles. The van der Waals surface area contributed by atoms with Crippen molar-refractivity contribution in [2.75, 3.05) is 0 Å². The van der Waals surface area contributed by atoms with Crippen molar-refractivity contribution in [1.29, 1.82) is 0 Å². The largest absolute Gasteiger partial charge is 0.294 e. The van der Waals surface area contributed by atoms with E-state index in [1.54, 1.807) is 12.1 Å². The van der Waals surface area contributed by atoms with Crippen LogP contribution in [0.3, 0.4) is 0 Å². The Bertz CT molecular complexity index is 479. The van der Waals surface area contributed by atoms with E-state index < -0.39 is 0 Å². The molecule has 1 saturated carbocycles. The van der Waals surface area contributed by atoms with Gasteiger partial charge in [0, 0.05) is 5.92 Å². The van der Waals surface area contributed by atoms with Crippen molar-refractivity contribution < 1.29 is 9.18 Å². The van der Waals surface area contributed by atoms with E-state index in [9.17, 15) is 9.18 Å². The molecule has 1 aliphatic rings. The summed E-state index contributed by atoms with van der Waals surface area (Å²) in [5.41, 5.74) is 1.73. The van der Waals surface area contributed by atoms with E-state index in [-0.39, 0.29) is 17.5 Å². The van der Waals surface area contributed by atoms with Gasteiger partial charge in [0.1, 0.15) is 5.82 Å². The number of benzene rings is 1. The highest BCUT2D eigenvalue weighted by atomic mass is 79.9. The van der Waals surface area contributed by atoms with E-state index in [4.69, 9.17) is 0 Å². The third-order valence-electron chi connectivity index (χ3n) is 3.13. The Hall–Kier alpha value is -0.960. The molecule has 1 aromatic rings. The molecule has 1 atom stereocenters. The molecule has 0 aromatic heterocycles. The van der Waals surface area contributed by atoms with Gasteiger partial charge in [-0.05, 0) is 64.5 Å². The summed E-state index contributed by atoms with van der Waals surface area (Å²) in [6.07, 6.45) is 4.74. The number of halogens is 2. The molecule has 0 saturated heterocycles. The topological polar surface area (TPSA) is 17.1 Å². The monoisotopic (exact) mass is 296 g/mol. The highest BCUT2D eigenvalue weighted by Gasteiger charge is 2.22. The molecular weight excluding hydrogens is 283 g/mol. The van der Waals surface area contributed by atoms with Crippen LogP contribution in [0.25, 0.3) is 6.08 Å². The summed E-state index contributed by atoms with van der Waals surface area (Å²) in [6.45, 7) is 1.97. The fourth-order valence-corrected chi connectivity index (χ4v) is 2.51. The number of hydrogen-bond donors (Lipinski definition) is 0. The van der Waals surface area contributed by atoms with Crippen LogP contribution in [-0.2, 0) is 4.79 Å². The minimum atomic E-state index is -0.282. The van der Waals surface area contributed by atoms with Gasteiger partial charge in [-0.1, -0.05) is 13.0 Å². The maximum Gasteiger partial charge on any atom is 0.161 e. The maximum absolute atomic E-state index is 13.1. The molecule has 0 spiro atoms. The Morgan fingerprint density at radius 2 is 2.24 bits per heavy atom. The molecule has 17 heavy (non-hydrogen) atoms. The lowest BCUT2D eigenvalue weighted by molar-refractivity contribution is -0.119. The van der Waals surface area contributed by atoms with Crippen LogP contribution in [0.1, 0.15) is 31.7 Å². The van der Waals surface area contributed by atoms with Gasteiger partial charge in [0.2, 0.25) is 0 Å². The number of rotatable bonds is 1. The van der Waals surface area contributed by atoms with Gasteiger partial charge in [0.05, 0.1) is 4.47 Å². The number of allylic oxidation sites excluding steroid dienone is 1. The minimum absolute atomic E-state index is 0.124. The van der Waals surface area contributed by atoms with Crippen LogP contribution >= 0.6 is 15.9 Å². The zero-order chi connectivity index (χ0) is 12.4. The van der Waals surface area contributed by atoms with Crippen LogP contribution in [0.15, 0.2) is 28.2 Å². The molecule has 0 heterocycles. The average Bonchev–Trinajstić information content (AvgIpc) is 2.30. The Morgan fingerprint density at radius 1 is 1.47 bits per heavy atom. The molecule has 3 heteroatoms. The quantitative estimate of drug-likeness (QED) is 0.704. The first kappa shape index (κ1) is 12.5. The van der Waals surface area contributed by atoms with Crippen LogP contribution in [-0.4, -0.2) is 5.78 Å². The summed E-state index contributed by atoms with van der Waals surface area (Å²) < 4.78 is 13.5. The highest BCUT2D eigenvalue weighted by molar-refractivity contribution is 9.10. The SMILES string of the molecule is C[C@H]1CCC/C(=C\c2ccc(F)c(Br)c2)C1=O. The van der Waals surface area contributed by atoms with Crippen LogP contribution < -0.4 is 0 Å². The number of ketones is 1. The molecule has 0 N–H and O–H groups in total. The Labute approximate surface area is 109 Å². The van der Waals surface area contributed by atoms with Crippen LogP contribution in [0.4, 0.5) is 4.39 Å². The fourth-order valence-electron chi connectivity index (χ4n) is 2.12. The molecule has 0 bridgehead atoms. The Kier molecular flexibility index (Phi) is 3.77. The lowest BCUT2D eigenvalue weighted by Crippen LogP contribution is -2.18. The minimum Gasteiger partial charge on any atom is -0.294 e. The van der Waals surface area contributed by atoms with Crippen LogP contribution in [0.5, 0.6) is 0 Å². The van der Waals surface area contributed by atoms with Crippen molar-refractivity contribution in [3.63, 3.8) is 0 Å². The zero-order valence-corrected chi connectivity index (χ0v) is 11.3. The summed E-state index contributed by atoms with van der Waals surface area (Å²) in [5, 5.41) is 0. The van der Waals surface area contributed by atoms with Crippen molar-refractivity contribution >= 4 is 27.8 Å². The van der Waals surface area contributed by atoms with Gasteiger partial charge in [0.25, 0.3) is 0 Å². The van der Waals surface area contributed by atoms with Gasteiger partial charge in [0.15, 0.2) is 5.78 Å². The Morgan fingerprint density at radius 3 is 2.94 bits per heavy atom. The first-order valence-electron chi connectivity index (χ1n) is 5.78. The predicted octanol–water partition coefficient (Wildman–Crippen LogP) is 4.36. The number of carbonyl (C=O) groups excluding carboxylic acids is 1. The van der Waals surface area contributed by atoms with Crippen LogP contribution in [0, 0.1) is 11.7 Å². The summed E-state index contributed by atoms with van der Waals surface area (Å²) in [7, 11) is 0. The van der Waals surface area contributed by atoms with Crippen molar-refractivity contribution in [2.24, 2.45) is 5.92 Å². The summed E-state index contributed by atoms with van der Waals surface area (Å²) in [6, 6.07) is 4.81. The van der Waals surface area contributed by atoms with Gasteiger partial charge in [-0.3, -0.25) is 4.79 Å². The molecule has 1 aromatic carbocycles. The molecule has 1 nitrogen and oxygen atoms in total. The van der Waals surface area contributed by atoms with E-state index >= 15 is 0 Å². The molecule has 0 amide bonds. The van der Waals surface area contributed by atoms with E-state index in [2.05, 4.69) is 15.9 Å². The lowest BCUT2D eigenvalue weighted by Gasteiger charge is -2.19. The van der Waals surface area contributed by atoms with Crippen LogP contribution in [0.2, 0.25) is 0 Å². The standard InChI is InChI=1S/C14H14BrFO/c1-9-3-2-4-11(14(9)17)7-10-5-6-13(16)12(15)8-10/h5-9H,2-4H2,1H3/b11-7+/t9-/m0/s1. The molecule has 1 aliphatic carbocycles. The molecular formula is C14H14BrFO. The first-order valence-corrected chi connectivity index (χ1v) is 6.57. The Balaban J connectivity index is 2.28. The molecule has 0 unspecified atom stereocenters. The molecule has 2 rings (SSSR count). The smallest absolute Gasteiger partial charge is 0.161 e. The highest BCUT2D eigenvalue weighted by Crippen LogP contribution is 2.27. The van der Waals surface area contributed by atoms with Crippen molar-refractivity contribution in [3.8, 4) is 0 Å². The van der Waals surface area contributed by atoms with E-state index in [0.29, 0.717) is 4.47 Å². The molecule has 0 radical (unpaired) electrons. The van der Waals surface area contributed by atoms with E-state index in [1.807, 2.05) is 13.0 Å². The average molecular weight is 297 g/mol. The van der Waals surface area contributed by atoms with Gasteiger partial charge in [-0.2, -0.15) is 0 Å². The predicted molar refractivity (Wildman–Crippen MR) is 70.1 cm³/mol. The second-order valence-corrected chi connectivity index (χ2v) is 5.35. The zero-order valence-electron chi connectivity index (χ0n) is 9.67. The second kappa shape index (κ2) is 5.13. The second-order valence-electron chi connectivity index (χ2n) is 4.50.